The van der Waals surface area contributed by atoms with Crippen molar-refractivity contribution in [1.29, 1.82) is 0 Å². The lowest BCUT2D eigenvalue weighted by Crippen LogP contribution is -2.11. The first-order chi connectivity index (χ1) is 66.2. The van der Waals surface area contributed by atoms with Crippen LogP contribution in [0.4, 0.5) is 0 Å². The third kappa shape index (κ3) is 24.8. The molecule has 0 unspecified atom stereocenters. The van der Waals surface area contributed by atoms with E-state index in [1.54, 1.807) is 97.6 Å². The van der Waals surface area contributed by atoms with Crippen molar-refractivity contribution in [3.05, 3.63) is 418 Å². The predicted molar refractivity (Wildman–Crippen MR) is 584 cm³/mol. The molecule has 0 spiro atoms. The van der Waals surface area contributed by atoms with Crippen molar-refractivity contribution in [3.63, 3.8) is 0 Å². The van der Waals surface area contributed by atoms with Crippen molar-refractivity contribution < 1.29 is 81.3 Å². The highest BCUT2D eigenvalue weighted by Crippen LogP contribution is 2.59. The van der Waals surface area contributed by atoms with Crippen LogP contribution in [-0.4, -0.2) is 98.3 Å². The lowest BCUT2D eigenvalue weighted by molar-refractivity contribution is 0.0686. The van der Waals surface area contributed by atoms with Crippen LogP contribution in [0.25, 0.3) is 146 Å². The average Bonchev–Trinajstić information content (AvgIpc) is 0.714. The molecule has 16 rings (SSSR count). The highest BCUT2D eigenvalue weighted by Gasteiger charge is 2.35. The summed E-state index contributed by atoms with van der Waals surface area (Å²) in [5, 5.41) is 60.3. The van der Waals surface area contributed by atoms with Gasteiger partial charge in [-0.25, -0.2) is 28.8 Å². The van der Waals surface area contributed by atoms with Crippen LogP contribution in [-0.2, 0) is 32.5 Å². The molecule has 0 aliphatic rings. The molecular formula is C126H126N2O16. The largest absolute Gasteiger partial charge is 0.478 e. The lowest BCUT2D eigenvalue weighted by Gasteiger charge is -2.30. The average molecular weight is 1920 g/mol. The standard InChI is InChI=1S/2C57H54O6.C12H10N2.4H2O/c2*1-55(2,3)43-28-22-37(23-29-43)49-46(34-10-16-40(17-11-34)52(58)59)50(38-24-30-44(31-25-38)56(4,5)6)48(36-14-20-42(21-15-36)54(62)63)51(39-26-32-45(33-27-39)57(7,8)9)47(49)35-12-18-41(19-13-35)53(60)61;1(11-3-7-13-8-4-11)2-12-5-9-14-10-6-12;;;;/h2*10-33H,1-9H3,(H,58,59)(H,60,61)(H,62,63);1-10H;4*1H2/b;;2-1+;;;;. The molecule has 16 aromatic rings. The van der Waals surface area contributed by atoms with Crippen LogP contribution < -0.4 is 0 Å². The van der Waals surface area contributed by atoms with Gasteiger partial charge in [-0.3, -0.25) is 9.97 Å². The summed E-state index contributed by atoms with van der Waals surface area (Å²) in [5.41, 5.74) is 29.6. The van der Waals surface area contributed by atoms with Gasteiger partial charge in [-0.05, 0) is 308 Å². The Morgan fingerprint density at radius 3 is 0.354 bits per heavy atom. The second-order valence-electron chi connectivity index (χ2n) is 41.7. The van der Waals surface area contributed by atoms with E-state index < -0.39 is 35.8 Å². The quantitative estimate of drug-likeness (QED) is 0.0413. The molecule has 736 valence electrons. The van der Waals surface area contributed by atoms with Crippen molar-refractivity contribution in [2.75, 3.05) is 0 Å². The molecule has 0 amide bonds. The smallest absolute Gasteiger partial charge is 0.335 e. The van der Waals surface area contributed by atoms with Crippen molar-refractivity contribution in [3.8, 4) is 134 Å². The Morgan fingerprint density at radius 2 is 0.264 bits per heavy atom. The minimum Gasteiger partial charge on any atom is -0.478 e. The highest BCUT2D eigenvalue weighted by atomic mass is 16.4. The fourth-order valence-electron chi connectivity index (χ4n) is 17.6. The summed E-state index contributed by atoms with van der Waals surface area (Å²) in [6.45, 7) is 39.2. The molecule has 18 nitrogen and oxygen atoms in total. The molecular weight excluding hydrogens is 1800 g/mol. The molecule has 18 heteroatoms. The van der Waals surface area contributed by atoms with Gasteiger partial charge in [0.15, 0.2) is 0 Å². The third-order valence-corrected chi connectivity index (χ3v) is 25.6. The summed E-state index contributed by atoms with van der Waals surface area (Å²) < 4.78 is 0. The Hall–Kier alpha value is -16.2. The summed E-state index contributed by atoms with van der Waals surface area (Å²) in [6, 6.07) is 101. The van der Waals surface area contributed by atoms with Gasteiger partial charge in [0.25, 0.3) is 0 Å². The van der Waals surface area contributed by atoms with Crippen molar-refractivity contribution in [2.24, 2.45) is 0 Å². The van der Waals surface area contributed by atoms with Gasteiger partial charge in [0.1, 0.15) is 0 Å². The molecule has 0 aliphatic carbocycles. The zero-order valence-electron chi connectivity index (χ0n) is 84.5. The molecule has 0 saturated heterocycles. The second kappa shape index (κ2) is 44.7. The number of hydrogen-bond donors (Lipinski definition) is 6. The number of hydrogen-bond acceptors (Lipinski definition) is 8. The number of aromatic nitrogens is 2. The van der Waals surface area contributed by atoms with Crippen LogP contribution in [0.15, 0.2) is 340 Å². The Balaban J connectivity index is 0.000000253. The normalized spacial score (nSPS) is 11.5. The Kier molecular flexibility index (Phi) is 34.1. The lowest BCUT2D eigenvalue weighted by atomic mass is 9.73. The third-order valence-electron chi connectivity index (χ3n) is 25.6. The Morgan fingerprint density at radius 1 is 0.167 bits per heavy atom. The fraction of sp³-hybridized carbons (Fsp3) is 0.190. The van der Waals surface area contributed by atoms with Crippen LogP contribution in [0.2, 0.25) is 0 Å². The summed E-state index contributed by atoms with van der Waals surface area (Å²) in [4.78, 5) is 81.6. The summed E-state index contributed by atoms with van der Waals surface area (Å²) in [6.07, 6.45) is 11.2. The molecule has 0 atom stereocenters. The minimum absolute atomic E-state index is 0. The van der Waals surface area contributed by atoms with E-state index >= 15 is 0 Å². The van der Waals surface area contributed by atoms with E-state index in [0.29, 0.717) is 0 Å². The van der Waals surface area contributed by atoms with Gasteiger partial charge in [-0.1, -0.05) is 355 Å². The van der Waals surface area contributed by atoms with Crippen LogP contribution in [0.1, 0.15) is 231 Å². The van der Waals surface area contributed by atoms with Gasteiger partial charge >= 0.3 is 35.8 Å². The van der Waals surface area contributed by atoms with Gasteiger partial charge in [0.2, 0.25) is 0 Å². The summed E-state index contributed by atoms with van der Waals surface area (Å²) in [5.74, 6) is -6.22. The van der Waals surface area contributed by atoms with Crippen molar-refractivity contribution in [2.45, 2.75) is 157 Å². The number of nitrogens with zero attached hydrogens (tertiary/aromatic N) is 2. The van der Waals surface area contributed by atoms with E-state index in [1.165, 1.54) is 0 Å². The molecule has 2 heterocycles. The van der Waals surface area contributed by atoms with Crippen LogP contribution >= 0.6 is 0 Å². The van der Waals surface area contributed by atoms with Crippen LogP contribution in [0.5, 0.6) is 0 Å². The number of carboxylic acid groups (broad SMARTS) is 6. The zero-order chi connectivity index (χ0) is 101. The van der Waals surface area contributed by atoms with E-state index in [0.717, 1.165) is 178 Å². The van der Waals surface area contributed by atoms with Gasteiger partial charge in [0, 0.05) is 24.8 Å². The van der Waals surface area contributed by atoms with Gasteiger partial charge in [-0.15, -0.1) is 0 Å². The van der Waals surface area contributed by atoms with Crippen LogP contribution in [0.3, 0.4) is 0 Å². The van der Waals surface area contributed by atoms with Gasteiger partial charge in [-0.2, -0.15) is 0 Å². The molecule has 0 fully saturated rings. The van der Waals surface area contributed by atoms with E-state index in [1.807, 2.05) is 97.1 Å². The Labute approximate surface area is 842 Å². The molecule has 14 N–H and O–H groups in total. The summed E-state index contributed by atoms with van der Waals surface area (Å²) >= 11 is 0. The first-order valence-corrected chi connectivity index (χ1v) is 46.9. The maximum Gasteiger partial charge on any atom is 0.335 e. The van der Waals surface area contributed by atoms with Crippen molar-refractivity contribution in [1.82, 2.24) is 9.97 Å². The molecule has 0 bridgehead atoms. The van der Waals surface area contributed by atoms with Crippen LogP contribution in [0, 0.1) is 0 Å². The van der Waals surface area contributed by atoms with E-state index in [2.05, 4.69) is 292 Å². The number of pyridine rings is 2. The molecule has 0 radical (unpaired) electrons. The van der Waals surface area contributed by atoms with Gasteiger partial charge in [0.05, 0.1) is 33.4 Å². The first-order valence-electron chi connectivity index (χ1n) is 46.9. The maximum absolute atomic E-state index is 12.3. The number of aromatic carboxylic acids is 6. The number of benzene rings is 14. The molecule has 2 aromatic heterocycles. The predicted octanol–water partition coefficient (Wildman–Crippen LogP) is 28.7. The second-order valence-corrected chi connectivity index (χ2v) is 41.7. The maximum atomic E-state index is 12.3. The molecule has 0 saturated carbocycles. The van der Waals surface area contributed by atoms with Gasteiger partial charge < -0.3 is 52.5 Å². The first kappa shape index (κ1) is 110. The molecule has 14 aromatic carbocycles. The van der Waals surface area contributed by atoms with E-state index in [9.17, 15) is 59.4 Å². The number of rotatable bonds is 20. The fourth-order valence-corrected chi connectivity index (χ4v) is 17.6. The topological polar surface area (TPSA) is 376 Å². The Bertz CT molecular complexity index is 6170. The van der Waals surface area contributed by atoms with Crippen molar-refractivity contribution >= 4 is 48.0 Å². The van der Waals surface area contributed by atoms with E-state index in [4.69, 9.17) is 0 Å². The zero-order valence-corrected chi connectivity index (χ0v) is 84.5. The molecule has 144 heavy (non-hydrogen) atoms. The minimum atomic E-state index is -1.04. The summed E-state index contributed by atoms with van der Waals surface area (Å²) in [7, 11) is 0. The number of carbonyl (C=O) groups is 6. The monoisotopic (exact) mass is 1920 g/mol. The highest BCUT2D eigenvalue weighted by molar-refractivity contribution is 6.18. The number of carboxylic acids is 6. The SMILES string of the molecule is C(=C\c1ccncc1)/c1ccncc1.CC(C)(C)c1ccc(-c2c(-c3ccc(C(=O)O)cc3)c(-c3ccc(C(C)(C)C)cc3)c(-c3ccc(C(=O)O)cc3)c(-c3ccc(C(C)(C)C)cc3)c2-c2ccc(C(=O)O)cc2)cc1.CC(C)(C)c1ccc(-c2c(-c3ccc(C(=O)O)cc3)c(-c3ccc(C(C)(C)C)cc3)c(-c3ccc(C(=O)O)cc3)c(-c3ccc(C(C)(C)C)cc3)c2-c2ccc(C(=O)O)cc2)cc1.O.O.O.O. The molecule has 0 aliphatic heterocycles. The van der Waals surface area contributed by atoms with E-state index in [-0.39, 0.29) is 87.8 Å².